The van der Waals surface area contributed by atoms with Crippen LogP contribution in [0.25, 0.3) is 0 Å². The summed E-state index contributed by atoms with van der Waals surface area (Å²) in [7, 11) is 3.84. The number of hydrogen-bond donors (Lipinski definition) is 1. The average Bonchev–Trinajstić information content (AvgIpc) is 2.39. The summed E-state index contributed by atoms with van der Waals surface area (Å²) in [5, 5.41) is 3.44. The summed E-state index contributed by atoms with van der Waals surface area (Å²) in [4.78, 5) is 2.30. The van der Waals surface area contributed by atoms with E-state index in [9.17, 15) is 0 Å². The zero-order valence-corrected chi connectivity index (χ0v) is 11.2. The summed E-state index contributed by atoms with van der Waals surface area (Å²) in [5.41, 5.74) is 1.18. The molecule has 1 aromatic rings. The smallest absolute Gasteiger partial charge is 0.123 e. The molecule has 1 atom stereocenters. The van der Waals surface area contributed by atoms with E-state index >= 15 is 0 Å². The second kappa shape index (κ2) is 6.73. The zero-order valence-electron chi connectivity index (χ0n) is 11.2. The monoisotopic (exact) mass is 250 g/mol. The Morgan fingerprint density at radius 3 is 3.06 bits per heavy atom. The number of methoxy groups -OCH3 is 1. The summed E-state index contributed by atoms with van der Waals surface area (Å²) in [6, 6.07) is 8.09. The summed E-state index contributed by atoms with van der Waals surface area (Å²) < 4.78 is 11.0. The molecule has 1 heterocycles. The number of benzene rings is 1. The normalized spacial score (nSPS) is 20.9. The Morgan fingerprint density at radius 1 is 1.44 bits per heavy atom. The second-order valence-corrected chi connectivity index (χ2v) is 4.70. The molecule has 100 valence electrons. The first-order valence-corrected chi connectivity index (χ1v) is 6.42. The van der Waals surface area contributed by atoms with E-state index in [0.717, 1.165) is 38.5 Å². The second-order valence-electron chi connectivity index (χ2n) is 4.70. The van der Waals surface area contributed by atoms with E-state index in [0.29, 0.717) is 6.10 Å². The minimum atomic E-state index is 0.290. The van der Waals surface area contributed by atoms with Gasteiger partial charge >= 0.3 is 0 Å². The van der Waals surface area contributed by atoms with Crippen molar-refractivity contribution in [3.05, 3.63) is 29.8 Å². The van der Waals surface area contributed by atoms with Gasteiger partial charge in [-0.15, -0.1) is 0 Å². The molecule has 1 saturated heterocycles. The molecule has 1 aliphatic rings. The molecule has 0 saturated carbocycles. The fourth-order valence-corrected chi connectivity index (χ4v) is 2.21. The maximum absolute atomic E-state index is 5.71. The van der Waals surface area contributed by atoms with Gasteiger partial charge in [0.05, 0.1) is 19.8 Å². The quantitative estimate of drug-likeness (QED) is 0.849. The van der Waals surface area contributed by atoms with E-state index in [1.165, 1.54) is 5.56 Å². The number of nitrogens with one attached hydrogen (secondary N) is 1. The van der Waals surface area contributed by atoms with Gasteiger partial charge in [0.15, 0.2) is 0 Å². The molecule has 0 aliphatic carbocycles. The van der Waals surface area contributed by atoms with Crippen molar-refractivity contribution in [3.63, 3.8) is 0 Å². The number of likely N-dealkylation sites (N-methyl/N-ethyl adjacent to an activating group) is 1. The lowest BCUT2D eigenvalue weighted by molar-refractivity contribution is -0.0182. The standard InChI is InChI=1S/C14H22N2O2/c1-16-7-8-18-13(11-16)10-15-9-12-5-3-4-6-14(12)17-2/h3-6,13,15H,7-11H2,1-2H3/t13-/m0/s1. The Balaban J connectivity index is 1.77. The van der Waals surface area contributed by atoms with E-state index in [2.05, 4.69) is 23.3 Å². The lowest BCUT2D eigenvalue weighted by Gasteiger charge is -2.30. The third-order valence-electron chi connectivity index (χ3n) is 3.22. The molecule has 1 fully saturated rings. The van der Waals surface area contributed by atoms with Crippen molar-refractivity contribution in [3.8, 4) is 5.75 Å². The Hall–Kier alpha value is -1.10. The van der Waals surface area contributed by atoms with Gasteiger partial charge in [0.2, 0.25) is 0 Å². The lowest BCUT2D eigenvalue weighted by atomic mass is 10.2. The SMILES string of the molecule is COc1ccccc1CNC[C@H]1CN(C)CCO1. The zero-order chi connectivity index (χ0) is 12.8. The molecule has 4 heteroatoms. The molecule has 0 unspecified atom stereocenters. The summed E-state index contributed by atoms with van der Waals surface area (Å²) in [6.07, 6.45) is 0.290. The number of rotatable bonds is 5. The van der Waals surface area contributed by atoms with Crippen LogP contribution in [0.5, 0.6) is 5.75 Å². The summed E-state index contributed by atoms with van der Waals surface area (Å²) in [6.45, 7) is 4.55. The molecule has 1 aliphatic heterocycles. The lowest BCUT2D eigenvalue weighted by Crippen LogP contribution is -2.44. The fraction of sp³-hybridized carbons (Fsp3) is 0.571. The predicted octanol–water partition coefficient (Wildman–Crippen LogP) is 1.12. The Labute approximate surface area is 109 Å². The van der Waals surface area contributed by atoms with E-state index in [1.807, 2.05) is 18.2 Å². The van der Waals surface area contributed by atoms with Crippen molar-refractivity contribution in [1.82, 2.24) is 10.2 Å². The van der Waals surface area contributed by atoms with Crippen molar-refractivity contribution in [2.75, 3.05) is 40.4 Å². The highest BCUT2D eigenvalue weighted by atomic mass is 16.5. The summed E-state index contributed by atoms with van der Waals surface area (Å²) >= 11 is 0. The Morgan fingerprint density at radius 2 is 2.28 bits per heavy atom. The molecule has 0 spiro atoms. The van der Waals surface area contributed by atoms with Crippen LogP contribution in [0, 0.1) is 0 Å². The van der Waals surface area contributed by atoms with Gasteiger partial charge in [-0.1, -0.05) is 18.2 Å². The van der Waals surface area contributed by atoms with Gasteiger partial charge in [0, 0.05) is 31.7 Å². The Kier molecular flexibility index (Phi) is 4.99. The highest BCUT2D eigenvalue weighted by Crippen LogP contribution is 2.16. The first-order valence-electron chi connectivity index (χ1n) is 6.42. The number of para-hydroxylation sites is 1. The number of nitrogens with zero attached hydrogens (tertiary/aromatic N) is 1. The van der Waals surface area contributed by atoms with Crippen molar-refractivity contribution in [1.29, 1.82) is 0 Å². The van der Waals surface area contributed by atoms with Gasteiger partial charge in [-0.05, 0) is 13.1 Å². The van der Waals surface area contributed by atoms with Gasteiger partial charge in [-0.25, -0.2) is 0 Å². The van der Waals surface area contributed by atoms with Crippen LogP contribution >= 0.6 is 0 Å². The van der Waals surface area contributed by atoms with E-state index in [1.54, 1.807) is 7.11 Å². The van der Waals surface area contributed by atoms with Crippen molar-refractivity contribution >= 4 is 0 Å². The number of hydrogen-bond acceptors (Lipinski definition) is 4. The van der Waals surface area contributed by atoms with Crippen LogP contribution in [-0.2, 0) is 11.3 Å². The highest BCUT2D eigenvalue weighted by Gasteiger charge is 2.16. The molecule has 0 radical (unpaired) electrons. The molecular weight excluding hydrogens is 228 g/mol. The first-order chi connectivity index (χ1) is 8.79. The summed E-state index contributed by atoms with van der Waals surface area (Å²) in [5.74, 6) is 0.937. The van der Waals surface area contributed by atoms with E-state index in [4.69, 9.17) is 9.47 Å². The third-order valence-corrected chi connectivity index (χ3v) is 3.22. The maximum Gasteiger partial charge on any atom is 0.123 e. The van der Waals surface area contributed by atoms with Gasteiger partial charge in [-0.3, -0.25) is 0 Å². The molecule has 4 nitrogen and oxygen atoms in total. The maximum atomic E-state index is 5.71. The van der Waals surface area contributed by atoms with Crippen LogP contribution in [0.3, 0.4) is 0 Å². The van der Waals surface area contributed by atoms with Crippen LogP contribution in [0.15, 0.2) is 24.3 Å². The third kappa shape index (κ3) is 3.70. The molecule has 0 amide bonds. The molecule has 18 heavy (non-hydrogen) atoms. The molecule has 1 aromatic carbocycles. The van der Waals surface area contributed by atoms with Crippen molar-refractivity contribution in [2.24, 2.45) is 0 Å². The Bertz CT molecular complexity index is 371. The van der Waals surface area contributed by atoms with Gasteiger partial charge < -0.3 is 19.7 Å². The molecule has 0 bridgehead atoms. The molecular formula is C14H22N2O2. The van der Waals surface area contributed by atoms with Crippen molar-refractivity contribution in [2.45, 2.75) is 12.6 Å². The van der Waals surface area contributed by atoms with E-state index < -0.39 is 0 Å². The molecule has 1 N–H and O–H groups in total. The van der Waals surface area contributed by atoms with E-state index in [-0.39, 0.29) is 0 Å². The average molecular weight is 250 g/mol. The van der Waals surface area contributed by atoms with Crippen LogP contribution in [-0.4, -0.2) is 51.4 Å². The van der Waals surface area contributed by atoms with Crippen molar-refractivity contribution < 1.29 is 9.47 Å². The number of morpholine rings is 1. The topological polar surface area (TPSA) is 33.7 Å². The minimum Gasteiger partial charge on any atom is -0.496 e. The largest absolute Gasteiger partial charge is 0.496 e. The van der Waals surface area contributed by atoms with Crippen LogP contribution in [0.1, 0.15) is 5.56 Å². The predicted molar refractivity (Wildman–Crippen MR) is 71.9 cm³/mol. The molecule has 0 aromatic heterocycles. The molecule has 2 rings (SSSR count). The number of ether oxygens (including phenoxy) is 2. The van der Waals surface area contributed by atoms with Crippen LogP contribution in [0.2, 0.25) is 0 Å². The fourth-order valence-electron chi connectivity index (χ4n) is 2.21. The minimum absolute atomic E-state index is 0.290. The highest BCUT2D eigenvalue weighted by molar-refractivity contribution is 5.32. The van der Waals surface area contributed by atoms with Crippen LogP contribution in [0.4, 0.5) is 0 Å². The van der Waals surface area contributed by atoms with Gasteiger partial charge in [0.1, 0.15) is 5.75 Å². The van der Waals surface area contributed by atoms with Gasteiger partial charge in [0.25, 0.3) is 0 Å². The van der Waals surface area contributed by atoms with Gasteiger partial charge in [-0.2, -0.15) is 0 Å². The van der Waals surface area contributed by atoms with Crippen LogP contribution < -0.4 is 10.1 Å². The first kappa shape index (κ1) is 13.3.